The fraction of sp³-hybridized carbons (Fsp3) is 0.357. The van der Waals surface area contributed by atoms with Gasteiger partial charge in [0.25, 0.3) is 0 Å². The molecule has 14 heteroatoms. The second-order valence-corrected chi connectivity index (χ2v) is 19.9. The molecule has 0 aliphatic heterocycles. The number of carbonyl (C=O) groups is 1. The first-order valence-corrected chi connectivity index (χ1v) is 21.4. The number of hydrogen-bond donors (Lipinski definition) is 0. The molecular weight excluding hydrogens is 784 g/mol. The quantitative estimate of drug-likeness (QED) is 0.0583. The van der Waals surface area contributed by atoms with Crippen LogP contribution in [0.25, 0.3) is 0 Å². The van der Waals surface area contributed by atoms with Crippen molar-refractivity contribution in [3.05, 3.63) is 130 Å². The maximum absolute atomic E-state index is 14.1. The lowest BCUT2D eigenvalue weighted by Crippen LogP contribution is -2.41. The van der Waals surface area contributed by atoms with Crippen LogP contribution >= 0.6 is 11.6 Å². The third-order valence-corrected chi connectivity index (χ3v) is 13.7. The molecule has 0 spiro atoms. The largest absolute Gasteiger partial charge is 0.494 e. The highest BCUT2D eigenvalue weighted by atomic mass is 35.5. The molecule has 302 valence electrons. The number of alkyl halides is 3. The van der Waals surface area contributed by atoms with E-state index in [9.17, 15) is 39.9 Å². The lowest BCUT2D eigenvalue weighted by molar-refractivity contribution is -0.147. The Bertz CT molecular complexity index is 1990. The van der Waals surface area contributed by atoms with Crippen molar-refractivity contribution in [2.45, 2.75) is 72.5 Å². The molecule has 1 fully saturated rings. The zero-order chi connectivity index (χ0) is 41.6. The van der Waals surface area contributed by atoms with Crippen LogP contribution in [-0.2, 0) is 22.6 Å². The molecule has 0 bridgehead atoms. The van der Waals surface area contributed by atoms with Gasteiger partial charge < -0.3 is 14.2 Å². The molecule has 0 heterocycles. The number of aryl methyl sites for hydroxylation is 1. The van der Waals surface area contributed by atoms with E-state index in [1.807, 2.05) is 49.4 Å². The minimum absolute atomic E-state index is 0.289. The van der Waals surface area contributed by atoms with Crippen molar-refractivity contribution >= 4 is 30.8 Å². The first-order chi connectivity index (χ1) is 26.2. The number of para-hydroxylation sites is 1. The standard InChI is InChI=1S/C25H29FO2Si.C17H14ClF7O2/c1-4-27-21-13-15-23(16-14-21)29(2,3)18-8-9-20-12-17-24(26)25(19-20)28-22-10-6-5-7-11-22;1-6-11(19)13(21)7(14(22)12(6)20)5-27-15(26)10-8(16(10,2)3)4-9(18)17(23,24)25/h5-7,10-17,19H,4,8-9,18H2,1-3H3;4,8,10H,5H2,1-3H3/b;9-4-. The maximum atomic E-state index is 14.1. The number of rotatable bonds is 13. The predicted octanol–water partition coefficient (Wildman–Crippen LogP) is 12.1. The van der Waals surface area contributed by atoms with Gasteiger partial charge >= 0.3 is 12.1 Å². The van der Waals surface area contributed by atoms with Crippen molar-refractivity contribution in [1.82, 2.24) is 0 Å². The van der Waals surface area contributed by atoms with Gasteiger partial charge in [0.1, 0.15) is 23.1 Å². The molecule has 0 aromatic heterocycles. The van der Waals surface area contributed by atoms with E-state index in [1.54, 1.807) is 0 Å². The summed E-state index contributed by atoms with van der Waals surface area (Å²) in [7, 11) is -1.53. The van der Waals surface area contributed by atoms with Gasteiger partial charge in [-0.2, -0.15) is 13.2 Å². The molecule has 1 aliphatic carbocycles. The summed E-state index contributed by atoms with van der Waals surface area (Å²) in [6.45, 7) is 10.2. The Balaban J connectivity index is 0.000000249. The first-order valence-electron chi connectivity index (χ1n) is 17.9. The van der Waals surface area contributed by atoms with E-state index >= 15 is 0 Å². The maximum Gasteiger partial charge on any atom is 0.426 e. The molecule has 0 radical (unpaired) electrons. The predicted molar refractivity (Wildman–Crippen MR) is 202 cm³/mol. The molecule has 56 heavy (non-hydrogen) atoms. The van der Waals surface area contributed by atoms with E-state index < -0.39 is 83.5 Å². The summed E-state index contributed by atoms with van der Waals surface area (Å²) >= 11 is 5.15. The molecule has 2 unspecified atom stereocenters. The van der Waals surface area contributed by atoms with Gasteiger partial charge in [0.2, 0.25) is 0 Å². The number of carbonyl (C=O) groups excluding carboxylic acids is 1. The van der Waals surface area contributed by atoms with Crippen LogP contribution in [-0.4, -0.2) is 26.8 Å². The summed E-state index contributed by atoms with van der Waals surface area (Å²) in [5.41, 5.74) is -1.82. The number of allylic oxidation sites excluding steroid dienone is 2. The van der Waals surface area contributed by atoms with Crippen LogP contribution in [0.2, 0.25) is 19.1 Å². The molecule has 1 saturated carbocycles. The smallest absolute Gasteiger partial charge is 0.426 e. The third kappa shape index (κ3) is 10.9. The van der Waals surface area contributed by atoms with Gasteiger partial charge in [0.15, 0.2) is 34.8 Å². The van der Waals surface area contributed by atoms with Crippen molar-refractivity contribution in [2.24, 2.45) is 17.3 Å². The molecule has 2 atom stereocenters. The van der Waals surface area contributed by atoms with Crippen LogP contribution in [0.1, 0.15) is 43.9 Å². The number of ether oxygens (including phenoxy) is 3. The minimum atomic E-state index is -4.78. The summed E-state index contributed by atoms with van der Waals surface area (Å²) in [6.07, 6.45) is -2.13. The Hall–Kier alpha value is -4.36. The highest BCUT2D eigenvalue weighted by molar-refractivity contribution is 6.89. The normalized spacial score (nSPS) is 16.4. The Kier molecular flexibility index (Phi) is 14.5. The Morgan fingerprint density at radius 3 is 2.05 bits per heavy atom. The van der Waals surface area contributed by atoms with Crippen molar-refractivity contribution in [3.63, 3.8) is 0 Å². The number of hydrogen-bond acceptors (Lipinski definition) is 4. The average Bonchev–Trinajstić information content (AvgIpc) is 3.70. The fourth-order valence-electron chi connectivity index (χ4n) is 6.28. The van der Waals surface area contributed by atoms with Gasteiger partial charge in [-0.1, -0.05) is 98.7 Å². The summed E-state index contributed by atoms with van der Waals surface area (Å²) in [5.74, 6) is -8.15. The van der Waals surface area contributed by atoms with Crippen molar-refractivity contribution in [2.75, 3.05) is 6.61 Å². The minimum Gasteiger partial charge on any atom is -0.494 e. The molecule has 5 rings (SSSR count). The van der Waals surface area contributed by atoms with E-state index in [1.165, 1.54) is 31.1 Å². The average molecular weight is 827 g/mol. The topological polar surface area (TPSA) is 44.8 Å². The molecule has 0 N–H and O–H groups in total. The van der Waals surface area contributed by atoms with Crippen LogP contribution in [0.3, 0.4) is 0 Å². The molecule has 4 nitrogen and oxygen atoms in total. The van der Waals surface area contributed by atoms with E-state index in [2.05, 4.69) is 37.4 Å². The van der Waals surface area contributed by atoms with Crippen LogP contribution < -0.4 is 14.7 Å². The number of esters is 1. The molecule has 0 saturated heterocycles. The highest BCUT2D eigenvalue weighted by Crippen LogP contribution is 2.60. The highest BCUT2D eigenvalue weighted by Gasteiger charge is 2.62. The molecule has 1 aliphatic rings. The number of halogens is 9. The van der Waals surface area contributed by atoms with Gasteiger partial charge in [-0.15, -0.1) is 0 Å². The van der Waals surface area contributed by atoms with Crippen LogP contribution in [0.4, 0.5) is 35.1 Å². The molecular formula is C42H43ClF8O4Si. The van der Waals surface area contributed by atoms with Crippen LogP contribution in [0.15, 0.2) is 83.9 Å². The molecule has 4 aromatic carbocycles. The van der Waals surface area contributed by atoms with Gasteiger partial charge in [-0.05, 0) is 73.6 Å². The van der Waals surface area contributed by atoms with E-state index in [-0.39, 0.29) is 11.6 Å². The van der Waals surface area contributed by atoms with Gasteiger partial charge in [0.05, 0.1) is 26.2 Å². The van der Waals surface area contributed by atoms with E-state index in [0.717, 1.165) is 31.1 Å². The van der Waals surface area contributed by atoms with Gasteiger partial charge in [-0.3, -0.25) is 4.79 Å². The van der Waals surface area contributed by atoms with Gasteiger partial charge in [0, 0.05) is 5.56 Å². The monoisotopic (exact) mass is 826 g/mol. The lowest BCUT2D eigenvalue weighted by atomic mass is 10.1. The molecule has 4 aromatic rings. The SMILES string of the molecule is CCOc1ccc([Si](C)(C)CCCc2ccc(F)c(Oc3ccccc3)c2)cc1.Cc1c(F)c(F)c(COC(=O)C2C(/C=C(\Cl)C(F)(F)F)C2(C)C)c(F)c1F. The number of benzene rings is 4. The van der Waals surface area contributed by atoms with E-state index in [0.29, 0.717) is 18.4 Å². The fourth-order valence-corrected chi connectivity index (χ4v) is 8.84. The summed E-state index contributed by atoms with van der Waals surface area (Å²) in [6, 6.07) is 24.3. The Morgan fingerprint density at radius 1 is 0.875 bits per heavy atom. The second kappa shape index (κ2) is 18.3. The first kappa shape index (κ1) is 44.4. The molecule has 0 amide bonds. The lowest BCUT2D eigenvalue weighted by Gasteiger charge is -2.23. The summed E-state index contributed by atoms with van der Waals surface area (Å²) < 4.78 is 122. The van der Waals surface area contributed by atoms with Crippen molar-refractivity contribution in [3.8, 4) is 17.2 Å². The van der Waals surface area contributed by atoms with Gasteiger partial charge in [-0.25, -0.2) is 22.0 Å². The Labute approximate surface area is 327 Å². The van der Waals surface area contributed by atoms with Crippen LogP contribution in [0.5, 0.6) is 17.2 Å². The second-order valence-electron chi connectivity index (χ2n) is 14.7. The third-order valence-electron chi connectivity index (χ3n) is 9.87. The van der Waals surface area contributed by atoms with Crippen molar-refractivity contribution in [1.29, 1.82) is 0 Å². The zero-order valence-corrected chi connectivity index (χ0v) is 33.5. The summed E-state index contributed by atoms with van der Waals surface area (Å²) in [5, 5.41) is 0.0313. The van der Waals surface area contributed by atoms with E-state index in [4.69, 9.17) is 25.8 Å². The van der Waals surface area contributed by atoms with Crippen LogP contribution in [0, 0.1) is 53.3 Å². The Morgan fingerprint density at radius 2 is 1.48 bits per heavy atom. The van der Waals surface area contributed by atoms with Crippen molar-refractivity contribution < 1.29 is 54.1 Å². The summed E-state index contributed by atoms with van der Waals surface area (Å²) in [4.78, 5) is 12.1. The zero-order valence-electron chi connectivity index (χ0n) is 31.7.